The van der Waals surface area contributed by atoms with Crippen LogP contribution in [-0.2, 0) is 16.4 Å². The normalized spacial score (nSPS) is 15.2. The highest BCUT2D eigenvalue weighted by molar-refractivity contribution is 7.93. The lowest BCUT2D eigenvalue weighted by atomic mass is 10.0. The summed E-state index contributed by atoms with van der Waals surface area (Å²) in [5.41, 5.74) is 4.88. The number of primary amides is 1. The summed E-state index contributed by atoms with van der Waals surface area (Å²) >= 11 is 0. The Labute approximate surface area is 151 Å². The second kappa shape index (κ2) is 5.98. The van der Waals surface area contributed by atoms with Gasteiger partial charge in [0, 0.05) is 13.5 Å². The fourth-order valence-corrected chi connectivity index (χ4v) is 4.47. The quantitative estimate of drug-likeness (QED) is 0.885. The van der Waals surface area contributed by atoms with Gasteiger partial charge in [0.15, 0.2) is 0 Å². The maximum atomic E-state index is 14.4. The molecule has 138 valence electrons. The Hall–Kier alpha value is -2.61. The van der Waals surface area contributed by atoms with E-state index >= 15 is 0 Å². The third-order valence-corrected chi connectivity index (χ3v) is 6.04. The van der Waals surface area contributed by atoms with Crippen LogP contribution in [-0.4, -0.2) is 27.0 Å². The smallest absolute Gasteiger partial charge is 0.267 e. The average Bonchev–Trinajstić information content (AvgIpc) is 2.87. The molecule has 3 rings (SSSR count). The fourth-order valence-electron chi connectivity index (χ4n) is 3.09. The molecule has 1 heterocycles. The van der Waals surface area contributed by atoms with E-state index in [1.54, 1.807) is 12.1 Å². The van der Waals surface area contributed by atoms with E-state index in [2.05, 4.69) is 0 Å². The number of rotatable bonds is 4. The number of para-hydroxylation sites is 2. The highest BCUT2D eigenvalue weighted by atomic mass is 32.2. The number of carbonyl (C=O) groups is 1. The van der Waals surface area contributed by atoms with Crippen molar-refractivity contribution in [3.63, 3.8) is 0 Å². The zero-order chi connectivity index (χ0) is 19.3. The van der Waals surface area contributed by atoms with Crippen molar-refractivity contribution in [2.75, 3.05) is 11.4 Å². The molecule has 2 aromatic carbocycles. The molecule has 0 saturated heterocycles. The number of nitrogens with two attached hydrogens (primary N) is 1. The Balaban J connectivity index is 2.15. The van der Waals surface area contributed by atoms with E-state index in [9.17, 15) is 17.6 Å². The average molecular weight is 378 g/mol. The summed E-state index contributed by atoms with van der Waals surface area (Å²) in [4.78, 5) is 11.5. The van der Waals surface area contributed by atoms with Gasteiger partial charge in [-0.25, -0.2) is 12.8 Å². The van der Waals surface area contributed by atoms with Crippen LogP contribution in [0.3, 0.4) is 0 Å². The van der Waals surface area contributed by atoms with E-state index in [1.807, 2.05) is 13.8 Å². The molecule has 8 heteroatoms. The van der Waals surface area contributed by atoms with Gasteiger partial charge in [-0.1, -0.05) is 18.2 Å². The van der Waals surface area contributed by atoms with Crippen LogP contribution in [0.15, 0.2) is 41.3 Å². The predicted octanol–water partition coefficient (Wildman–Crippen LogP) is 2.46. The molecule has 1 aliphatic heterocycles. The topological polar surface area (TPSA) is 89.7 Å². The number of nitrogens with zero attached hydrogens (tertiary/aromatic N) is 1. The number of sulfonamides is 1. The van der Waals surface area contributed by atoms with Crippen LogP contribution in [0, 0.1) is 5.82 Å². The Morgan fingerprint density at radius 1 is 1.23 bits per heavy atom. The molecule has 0 aliphatic carbocycles. The zero-order valence-corrected chi connectivity index (χ0v) is 15.4. The molecule has 0 fully saturated rings. The highest BCUT2D eigenvalue weighted by Crippen LogP contribution is 2.41. The van der Waals surface area contributed by atoms with Gasteiger partial charge in [0.05, 0.1) is 11.3 Å². The van der Waals surface area contributed by atoms with Crippen LogP contribution in [0.25, 0.3) is 0 Å². The van der Waals surface area contributed by atoms with Gasteiger partial charge in [0.1, 0.15) is 22.1 Å². The van der Waals surface area contributed by atoms with Gasteiger partial charge in [-0.2, -0.15) is 0 Å². The molecule has 0 atom stereocenters. The second-order valence-electron chi connectivity index (χ2n) is 6.76. The van der Waals surface area contributed by atoms with E-state index in [1.165, 1.54) is 25.2 Å². The van der Waals surface area contributed by atoms with Gasteiger partial charge in [-0.3, -0.25) is 9.10 Å². The molecule has 0 radical (unpaired) electrons. The molecular formula is C18H19FN2O4S. The molecule has 26 heavy (non-hydrogen) atoms. The summed E-state index contributed by atoms with van der Waals surface area (Å²) < 4.78 is 47.2. The van der Waals surface area contributed by atoms with Crippen LogP contribution in [0.5, 0.6) is 5.75 Å². The third kappa shape index (κ3) is 2.90. The number of fused-ring (bicyclic) bond motifs is 1. The molecule has 0 unspecified atom stereocenters. The highest BCUT2D eigenvalue weighted by Gasteiger charge is 2.37. The number of hydrogen-bond acceptors (Lipinski definition) is 4. The lowest BCUT2D eigenvalue weighted by Crippen LogP contribution is -2.31. The van der Waals surface area contributed by atoms with E-state index < -0.39 is 33.0 Å². The molecule has 0 spiro atoms. The molecule has 1 aliphatic rings. The molecular weight excluding hydrogens is 359 g/mol. The van der Waals surface area contributed by atoms with Crippen LogP contribution in [0.1, 0.15) is 29.8 Å². The second-order valence-corrected chi connectivity index (χ2v) is 8.69. The molecule has 6 nitrogen and oxygen atoms in total. The maximum Gasteiger partial charge on any atom is 0.267 e. The van der Waals surface area contributed by atoms with Crippen molar-refractivity contribution in [3.05, 3.63) is 53.3 Å². The fraction of sp³-hybridized carbons (Fsp3) is 0.278. The first-order valence-electron chi connectivity index (χ1n) is 7.93. The van der Waals surface area contributed by atoms with Crippen molar-refractivity contribution in [1.29, 1.82) is 0 Å². The molecule has 0 saturated carbocycles. The first-order chi connectivity index (χ1) is 12.0. The number of hydrogen-bond donors (Lipinski definition) is 1. The minimum absolute atomic E-state index is 0.0817. The Morgan fingerprint density at radius 2 is 1.88 bits per heavy atom. The summed E-state index contributed by atoms with van der Waals surface area (Å²) in [7, 11) is -3.01. The third-order valence-electron chi connectivity index (χ3n) is 4.26. The van der Waals surface area contributed by atoms with Crippen LogP contribution in [0.4, 0.5) is 10.1 Å². The van der Waals surface area contributed by atoms with Gasteiger partial charge < -0.3 is 10.5 Å². The standard InChI is InChI=1S/C18H19FN2O4S/c1-18(2)10-11-6-4-9-14(16(11)25-18)26(23,24)21(3)15-12(17(20)22)7-5-8-13(15)19/h4-9H,10H2,1-3H3,(H2,20,22). The molecule has 0 aromatic heterocycles. The summed E-state index contributed by atoms with van der Waals surface area (Å²) in [6.07, 6.45) is 0.557. The van der Waals surface area contributed by atoms with Crippen LogP contribution < -0.4 is 14.8 Å². The SMILES string of the molecule is CN(c1c(F)cccc1C(N)=O)S(=O)(=O)c1cccc2c1OC(C)(C)C2. The number of anilines is 1. The van der Waals surface area contributed by atoms with Crippen molar-refractivity contribution in [3.8, 4) is 5.75 Å². The van der Waals surface area contributed by atoms with Crippen molar-refractivity contribution in [2.24, 2.45) is 5.73 Å². The monoisotopic (exact) mass is 378 g/mol. The van der Waals surface area contributed by atoms with Gasteiger partial charge in [0.2, 0.25) is 0 Å². The lowest BCUT2D eigenvalue weighted by molar-refractivity contribution is 0.100. The number of carbonyl (C=O) groups excluding carboxylic acids is 1. The zero-order valence-electron chi connectivity index (χ0n) is 14.6. The van der Waals surface area contributed by atoms with Crippen molar-refractivity contribution in [2.45, 2.75) is 30.8 Å². The van der Waals surface area contributed by atoms with E-state index in [0.29, 0.717) is 6.42 Å². The summed E-state index contributed by atoms with van der Waals surface area (Å²) in [6.45, 7) is 3.71. The van der Waals surface area contributed by atoms with Crippen molar-refractivity contribution >= 4 is 21.6 Å². The maximum absolute atomic E-state index is 14.4. The minimum atomic E-state index is -4.19. The Kier molecular flexibility index (Phi) is 4.18. The number of ether oxygens (including phenoxy) is 1. The number of amides is 1. The lowest BCUT2D eigenvalue weighted by Gasteiger charge is -2.24. The Bertz CT molecular complexity index is 1000. The van der Waals surface area contributed by atoms with Gasteiger partial charge in [-0.05, 0) is 37.6 Å². The van der Waals surface area contributed by atoms with Gasteiger partial charge >= 0.3 is 0 Å². The van der Waals surface area contributed by atoms with Crippen LogP contribution >= 0.6 is 0 Å². The first kappa shape index (κ1) is 18.2. The predicted molar refractivity (Wildman–Crippen MR) is 95.4 cm³/mol. The van der Waals surface area contributed by atoms with Crippen LogP contribution in [0.2, 0.25) is 0 Å². The summed E-state index contributed by atoms with van der Waals surface area (Å²) in [6, 6.07) is 8.45. The Morgan fingerprint density at radius 3 is 2.54 bits per heavy atom. The number of benzene rings is 2. The van der Waals surface area contributed by atoms with E-state index in [-0.39, 0.29) is 16.2 Å². The number of halogens is 1. The van der Waals surface area contributed by atoms with Gasteiger partial charge in [-0.15, -0.1) is 0 Å². The summed E-state index contributed by atoms with van der Waals surface area (Å²) in [5.74, 6) is -1.53. The molecule has 0 bridgehead atoms. The molecule has 1 amide bonds. The van der Waals surface area contributed by atoms with Crippen molar-refractivity contribution < 1.29 is 22.3 Å². The van der Waals surface area contributed by atoms with Gasteiger partial charge in [0.25, 0.3) is 15.9 Å². The molecule has 2 N–H and O–H groups in total. The largest absolute Gasteiger partial charge is 0.486 e. The summed E-state index contributed by atoms with van der Waals surface area (Å²) in [5, 5.41) is 0. The van der Waals surface area contributed by atoms with E-state index in [0.717, 1.165) is 15.9 Å². The van der Waals surface area contributed by atoms with E-state index in [4.69, 9.17) is 10.5 Å². The van der Waals surface area contributed by atoms with Crippen molar-refractivity contribution in [1.82, 2.24) is 0 Å². The molecule has 2 aromatic rings. The minimum Gasteiger partial charge on any atom is -0.486 e. The first-order valence-corrected chi connectivity index (χ1v) is 9.37.